The third-order valence-corrected chi connectivity index (χ3v) is 9.00. The number of nitrogens with zero attached hydrogens (tertiary/aromatic N) is 4. The van der Waals surface area contributed by atoms with E-state index in [1.165, 1.54) is 45.7 Å². The van der Waals surface area contributed by atoms with Crippen LogP contribution in [0.5, 0.6) is 11.5 Å². The lowest BCUT2D eigenvalue weighted by atomic mass is 10.2. The maximum Gasteiger partial charge on any atom is 0.322 e. The number of hydrogen-bond acceptors (Lipinski definition) is 8. The lowest BCUT2D eigenvalue weighted by molar-refractivity contribution is -0.136. The Labute approximate surface area is 316 Å². The SMILES string of the molecule is O=C(O)CNC(=O)c1c(O)c2c(Cl)c(Cl)c(Cl)n2n(Cc2ccccc2)c1=O.O=C(O)CNC(=O)c1c(O)c2cccn2n(Cc2ccc(F)cc2)c1=O. The van der Waals surface area contributed by atoms with Crippen molar-refractivity contribution >= 4 is 69.6 Å². The van der Waals surface area contributed by atoms with Gasteiger partial charge in [-0.25, -0.2) is 18.3 Å². The van der Waals surface area contributed by atoms with E-state index in [1.807, 2.05) is 5.32 Å². The van der Waals surface area contributed by atoms with Crippen molar-refractivity contribution in [2.24, 2.45) is 0 Å². The molecule has 0 radical (unpaired) electrons. The van der Waals surface area contributed by atoms with E-state index in [0.717, 1.165) is 9.20 Å². The Morgan fingerprint density at radius 2 is 1.19 bits per heavy atom. The van der Waals surface area contributed by atoms with Crippen LogP contribution in [0.4, 0.5) is 4.39 Å². The van der Waals surface area contributed by atoms with Gasteiger partial charge in [0.25, 0.3) is 22.9 Å². The van der Waals surface area contributed by atoms with Crippen molar-refractivity contribution in [3.63, 3.8) is 0 Å². The highest BCUT2D eigenvalue weighted by atomic mass is 35.5. The van der Waals surface area contributed by atoms with Crippen LogP contribution in [0, 0.1) is 5.82 Å². The Bertz CT molecular complexity index is 2570. The molecule has 6 aromatic rings. The maximum atomic E-state index is 13.1. The van der Waals surface area contributed by atoms with Crippen LogP contribution in [-0.2, 0) is 22.7 Å². The van der Waals surface area contributed by atoms with Gasteiger partial charge in [-0.05, 0) is 35.4 Å². The summed E-state index contributed by atoms with van der Waals surface area (Å²) in [5.41, 5.74) is -1.58. The fourth-order valence-corrected chi connectivity index (χ4v) is 6.03. The number of aliphatic carboxylic acids is 2. The van der Waals surface area contributed by atoms with Crippen molar-refractivity contribution in [2.75, 3.05) is 13.1 Å². The normalized spacial score (nSPS) is 10.9. The number of halogens is 4. The summed E-state index contributed by atoms with van der Waals surface area (Å²) < 4.78 is 17.8. The molecule has 16 nitrogen and oxygen atoms in total. The zero-order valence-corrected chi connectivity index (χ0v) is 29.6. The molecule has 0 bridgehead atoms. The molecule has 0 spiro atoms. The van der Waals surface area contributed by atoms with Gasteiger partial charge in [0.1, 0.15) is 46.2 Å². The molecule has 0 atom stereocenters. The summed E-state index contributed by atoms with van der Waals surface area (Å²) in [6.07, 6.45) is 1.53. The van der Waals surface area contributed by atoms with Crippen LogP contribution in [0.1, 0.15) is 31.8 Å². The van der Waals surface area contributed by atoms with E-state index in [0.29, 0.717) is 11.1 Å². The van der Waals surface area contributed by atoms with Gasteiger partial charge in [-0.2, -0.15) is 0 Å². The van der Waals surface area contributed by atoms with Crippen LogP contribution in [0.15, 0.2) is 82.5 Å². The number of hydrogen-bond donors (Lipinski definition) is 6. The average Bonchev–Trinajstić information content (AvgIpc) is 3.71. The highest BCUT2D eigenvalue weighted by Gasteiger charge is 2.28. The Hall–Kier alpha value is -6.30. The molecule has 0 aliphatic heterocycles. The largest absolute Gasteiger partial charge is 0.505 e. The summed E-state index contributed by atoms with van der Waals surface area (Å²) >= 11 is 18.4. The van der Waals surface area contributed by atoms with E-state index in [1.54, 1.807) is 36.4 Å². The molecule has 4 heterocycles. The van der Waals surface area contributed by atoms with E-state index in [9.17, 15) is 43.4 Å². The van der Waals surface area contributed by atoms with Gasteiger partial charge in [0.05, 0.1) is 23.1 Å². The van der Waals surface area contributed by atoms with Crippen LogP contribution in [-0.4, -0.2) is 75.7 Å². The van der Waals surface area contributed by atoms with Gasteiger partial charge in [-0.15, -0.1) is 0 Å². The van der Waals surface area contributed by atoms with Gasteiger partial charge in [0, 0.05) is 6.20 Å². The molecule has 2 aromatic carbocycles. The van der Waals surface area contributed by atoms with Gasteiger partial charge in [-0.3, -0.25) is 33.3 Å². The number of nitrogens with one attached hydrogen (secondary N) is 2. The highest BCUT2D eigenvalue weighted by molar-refractivity contribution is 6.50. The van der Waals surface area contributed by atoms with Crippen molar-refractivity contribution in [1.82, 2.24) is 29.0 Å². The number of aromatic hydroxyl groups is 2. The van der Waals surface area contributed by atoms with Gasteiger partial charge >= 0.3 is 11.9 Å². The van der Waals surface area contributed by atoms with Crippen molar-refractivity contribution in [3.05, 3.63) is 137 Å². The summed E-state index contributed by atoms with van der Waals surface area (Å²) in [4.78, 5) is 71.7. The molecule has 0 aliphatic rings. The molecule has 0 fully saturated rings. The molecule has 0 saturated heterocycles. The van der Waals surface area contributed by atoms with Crippen LogP contribution in [0.25, 0.3) is 11.0 Å². The summed E-state index contributed by atoms with van der Waals surface area (Å²) in [6.45, 7) is -1.43. The molecule has 0 aliphatic carbocycles. The summed E-state index contributed by atoms with van der Waals surface area (Å²) in [6, 6.07) is 17.4. The van der Waals surface area contributed by atoms with Gasteiger partial charge in [0.15, 0.2) is 11.5 Å². The number of fused-ring (bicyclic) bond motifs is 2. The zero-order valence-electron chi connectivity index (χ0n) is 27.3. The van der Waals surface area contributed by atoms with E-state index in [-0.39, 0.29) is 39.3 Å². The minimum atomic E-state index is -1.31. The van der Waals surface area contributed by atoms with E-state index >= 15 is 0 Å². The van der Waals surface area contributed by atoms with Gasteiger partial charge in [0.2, 0.25) is 0 Å². The first-order valence-corrected chi connectivity index (χ1v) is 16.5. The maximum absolute atomic E-state index is 13.1. The van der Waals surface area contributed by atoms with Crippen molar-refractivity contribution in [3.8, 4) is 11.5 Å². The first-order valence-electron chi connectivity index (χ1n) is 15.3. The molecular weight excluding hydrogens is 778 g/mol. The van der Waals surface area contributed by atoms with E-state index in [2.05, 4.69) is 5.32 Å². The Balaban J connectivity index is 0.000000208. The fraction of sp³-hybridized carbons (Fsp3) is 0.118. The number of carbonyl (C=O) groups is 4. The molecule has 2 amide bonds. The number of amides is 2. The number of rotatable bonds is 10. The first-order chi connectivity index (χ1) is 25.6. The van der Waals surface area contributed by atoms with Gasteiger partial charge < -0.3 is 31.1 Å². The molecule has 280 valence electrons. The van der Waals surface area contributed by atoms with Crippen molar-refractivity contribution in [2.45, 2.75) is 13.1 Å². The third-order valence-electron chi connectivity index (χ3n) is 7.72. The molecule has 0 unspecified atom stereocenters. The number of carbonyl (C=O) groups excluding carboxylic acids is 2. The van der Waals surface area contributed by atoms with Crippen LogP contribution >= 0.6 is 34.8 Å². The molecule has 6 N–H and O–H groups in total. The van der Waals surface area contributed by atoms with Crippen LogP contribution in [0.3, 0.4) is 0 Å². The smallest absolute Gasteiger partial charge is 0.322 e. The predicted molar refractivity (Wildman–Crippen MR) is 193 cm³/mol. The highest BCUT2D eigenvalue weighted by Crippen LogP contribution is 2.40. The number of benzene rings is 2. The van der Waals surface area contributed by atoms with E-state index < -0.39 is 76.4 Å². The fourth-order valence-electron chi connectivity index (χ4n) is 5.28. The van der Waals surface area contributed by atoms with Crippen molar-refractivity contribution in [1.29, 1.82) is 0 Å². The van der Waals surface area contributed by atoms with E-state index in [4.69, 9.17) is 45.0 Å². The van der Waals surface area contributed by atoms with Gasteiger partial charge in [-0.1, -0.05) is 77.3 Å². The monoisotopic (exact) mass is 802 g/mol. The lowest BCUT2D eigenvalue weighted by Crippen LogP contribution is -2.37. The first kappa shape index (κ1) is 38.9. The second-order valence-electron chi connectivity index (χ2n) is 11.3. The number of carboxylic acid groups (broad SMARTS) is 2. The molecule has 54 heavy (non-hydrogen) atoms. The van der Waals surface area contributed by atoms with Crippen LogP contribution < -0.4 is 21.8 Å². The zero-order chi connectivity index (χ0) is 39.4. The summed E-state index contributed by atoms with van der Waals surface area (Å²) in [7, 11) is 0. The molecule has 20 heteroatoms. The molecule has 0 saturated carbocycles. The quantitative estimate of drug-likeness (QED) is 0.118. The minimum absolute atomic E-state index is 0.0171. The second-order valence-corrected chi connectivity index (χ2v) is 12.4. The van der Waals surface area contributed by atoms with Crippen LogP contribution in [0.2, 0.25) is 15.2 Å². The Morgan fingerprint density at radius 3 is 1.76 bits per heavy atom. The molecule has 4 aromatic heterocycles. The standard InChI is InChI=1S/C17H12Cl3N3O5.C17H14FN3O5/c18-11-12(19)15(20)23-13(11)14(26)10(16(27)21-6-9(24)25)17(28)22(23)7-8-4-2-1-3-5-8;18-11-5-3-10(4-6-11)9-21-17(26)14(16(25)19-8-13(22)23)15(24)12-2-1-7-20(12)21/h1-5,26H,6-7H2,(H,21,27)(H,24,25);1-7,24H,8-9H2,(H,19,25)(H,22,23). The van der Waals surface area contributed by atoms with Crippen molar-refractivity contribution < 1.29 is 44.0 Å². The summed E-state index contributed by atoms with van der Waals surface area (Å²) in [5, 5.41) is 41.9. The average molecular weight is 804 g/mol. The topological polar surface area (TPSA) is 226 Å². The third kappa shape index (κ3) is 7.87. The molecular formula is C34H26Cl3FN6O10. The molecule has 6 rings (SSSR count). The summed E-state index contributed by atoms with van der Waals surface area (Å²) in [5.74, 6) is -6.38. The Morgan fingerprint density at radius 1 is 0.667 bits per heavy atom. The second kappa shape index (κ2) is 16.2. The minimum Gasteiger partial charge on any atom is -0.505 e. The number of aromatic nitrogens is 4. The predicted octanol–water partition coefficient (Wildman–Crippen LogP) is 3.44. The lowest BCUT2D eigenvalue weighted by Gasteiger charge is -2.15. The number of carboxylic acids is 2. The Kier molecular flexibility index (Phi) is 11.6.